The number of rotatable bonds is 5. The summed E-state index contributed by atoms with van der Waals surface area (Å²) in [4.78, 5) is 23.2. The number of nitrogen functional groups attached to an aromatic ring is 1. The van der Waals surface area contributed by atoms with Crippen LogP contribution in [0.1, 0.15) is 5.56 Å². The molecule has 0 aliphatic rings. The van der Waals surface area contributed by atoms with E-state index in [2.05, 4.69) is 0 Å². The smallest absolute Gasteiger partial charge is 0.236 e. The van der Waals surface area contributed by atoms with Crippen molar-refractivity contribution in [3.8, 4) is 6.07 Å². The summed E-state index contributed by atoms with van der Waals surface area (Å²) in [6.07, 6.45) is 0. The molecule has 1 aromatic rings. The Labute approximate surface area is 104 Å². The van der Waals surface area contributed by atoms with Gasteiger partial charge in [0.2, 0.25) is 11.8 Å². The molecule has 7 heteroatoms. The van der Waals surface area contributed by atoms with Crippen molar-refractivity contribution in [3.05, 3.63) is 23.8 Å². The molecule has 1 aromatic carbocycles. The standard InChI is InChI=1S/C11H13N5O2/c12-4-7-2-1-3-8(11(7)15)16(5-9(13)17)6-10(14)18/h1-3H,5-6,15H2,(H2,13,17)(H2,14,18). The van der Waals surface area contributed by atoms with E-state index in [1.165, 1.54) is 11.0 Å². The van der Waals surface area contributed by atoms with Crippen LogP contribution in [0.2, 0.25) is 0 Å². The quantitative estimate of drug-likeness (QED) is 0.567. The molecular formula is C11H13N5O2. The molecule has 0 spiro atoms. The van der Waals surface area contributed by atoms with E-state index in [1.54, 1.807) is 12.1 Å². The second-order valence-electron chi connectivity index (χ2n) is 3.64. The molecule has 0 bridgehead atoms. The second kappa shape index (κ2) is 5.54. The lowest BCUT2D eigenvalue weighted by Crippen LogP contribution is -2.40. The van der Waals surface area contributed by atoms with Crippen LogP contribution in [0.3, 0.4) is 0 Å². The molecule has 0 radical (unpaired) electrons. The molecule has 0 aliphatic carbocycles. The number of anilines is 2. The number of hydrogen-bond acceptors (Lipinski definition) is 5. The summed E-state index contributed by atoms with van der Waals surface area (Å²) in [5, 5.41) is 8.86. The summed E-state index contributed by atoms with van der Waals surface area (Å²) in [6.45, 7) is -0.413. The lowest BCUT2D eigenvalue weighted by molar-refractivity contribution is -0.117. The zero-order valence-corrected chi connectivity index (χ0v) is 9.59. The van der Waals surface area contributed by atoms with Crippen molar-refractivity contribution in [2.24, 2.45) is 11.5 Å². The van der Waals surface area contributed by atoms with Crippen LogP contribution in [-0.2, 0) is 9.59 Å². The van der Waals surface area contributed by atoms with Gasteiger partial charge in [-0.2, -0.15) is 5.26 Å². The predicted molar refractivity (Wildman–Crippen MR) is 66.2 cm³/mol. The Morgan fingerprint density at radius 2 is 1.78 bits per heavy atom. The highest BCUT2D eigenvalue weighted by Gasteiger charge is 2.16. The number of benzene rings is 1. The van der Waals surface area contributed by atoms with Crippen molar-refractivity contribution in [2.75, 3.05) is 23.7 Å². The van der Waals surface area contributed by atoms with Gasteiger partial charge in [-0.3, -0.25) is 9.59 Å². The van der Waals surface area contributed by atoms with Crippen molar-refractivity contribution < 1.29 is 9.59 Å². The average Bonchev–Trinajstić information content (AvgIpc) is 2.27. The monoisotopic (exact) mass is 247 g/mol. The number of nitriles is 1. The Hall–Kier alpha value is -2.75. The van der Waals surface area contributed by atoms with Gasteiger partial charge in [0.05, 0.1) is 30.0 Å². The summed E-state index contributed by atoms with van der Waals surface area (Å²) in [5.41, 5.74) is 16.8. The largest absolute Gasteiger partial charge is 0.396 e. The van der Waals surface area contributed by atoms with E-state index >= 15 is 0 Å². The van der Waals surface area contributed by atoms with Gasteiger partial charge in [0, 0.05) is 0 Å². The molecular weight excluding hydrogens is 234 g/mol. The Kier molecular flexibility index (Phi) is 4.10. The number of amides is 2. The van der Waals surface area contributed by atoms with E-state index in [-0.39, 0.29) is 24.3 Å². The van der Waals surface area contributed by atoms with Crippen molar-refractivity contribution in [1.82, 2.24) is 0 Å². The maximum absolute atomic E-state index is 11.0. The summed E-state index contributed by atoms with van der Waals surface area (Å²) < 4.78 is 0. The predicted octanol–water partition coefficient (Wildman–Crippen LogP) is -1.08. The fourth-order valence-corrected chi connectivity index (χ4v) is 1.53. The Morgan fingerprint density at radius 3 is 2.22 bits per heavy atom. The molecule has 94 valence electrons. The zero-order chi connectivity index (χ0) is 13.7. The molecule has 0 fully saturated rings. The lowest BCUT2D eigenvalue weighted by Gasteiger charge is -2.23. The highest BCUT2D eigenvalue weighted by molar-refractivity contribution is 5.87. The number of nitrogens with zero attached hydrogens (tertiary/aromatic N) is 2. The molecule has 0 heterocycles. The van der Waals surface area contributed by atoms with Gasteiger partial charge in [-0.05, 0) is 12.1 Å². The van der Waals surface area contributed by atoms with Crippen LogP contribution < -0.4 is 22.1 Å². The van der Waals surface area contributed by atoms with Crippen molar-refractivity contribution in [1.29, 1.82) is 5.26 Å². The number of carbonyl (C=O) groups is 2. The van der Waals surface area contributed by atoms with E-state index in [0.717, 1.165) is 0 Å². The lowest BCUT2D eigenvalue weighted by atomic mass is 10.1. The van der Waals surface area contributed by atoms with E-state index in [4.69, 9.17) is 22.5 Å². The first-order chi connectivity index (χ1) is 8.45. The molecule has 2 amide bonds. The minimum absolute atomic E-state index is 0.183. The van der Waals surface area contributed by atoms with Crippen LogP contribution in [0.25, 0.3) is 0 Å². The van der Waals surface area contributed by atoms with Gasteiger partial charge in [-0.25, -0.2) is 0 Å². The van der Waals surface area contributed by atoms with Crippen molar-refractivity contribution in [3.63, 3.8) is 0 Å². The highest BCUT2D eigenvalue weighted by Crippen LogP contribution is 2.25. The van der Waals surface area contributed by atoms with Gasteiger partial charge < -0.3 is 22.1 Å². The summed E-state index contributed by atoms with van der Waals surface area (Å²) in [5.74, 6) is -1.25. The molecule has 0 unspecified atom stereocenters. The van der Waals surface area contributed by atoms with E-state index in [1.807, 2.05) is 6.07 Å². The van der Waals surface area contributed by atoms with E-state index in [0.29, 0.717) is 5.69 Å². The number of primary amides is 2. The first-order valence-corrected chi connectivity index (χ1v) is 5.06. The first kappa shape index (κ1) is 13.3. The number of hydrogen-bond donors (Lipinski definition) is 3. The van der Waals surface area contributed by atoms with Gasteiger partial charge in [0.1, 0.15) is 6.07 Å². The molecule has 18 heavy (non-hydrogen) atoms. The minimum Gasteiger partial charge on any atom is -0.396 e. The highest BCUT2D eigenvalue weighted by atomic mass is 16.2. The molecule has 1 rings (SSSR count). The SMILES string of the molecule is N#Cc1cccc(N(CC(N)=O)CC(N)=O)c1N. The maximum atomic E-state index is 11.0. The molecule has 0 aromatic heterocycles. The van der Waals surface area contributed by atoms with Crippen molar-refractivity contribution in [2.45, 2.75) is 0 Å². The summed E-state index contributed by atoms with van der Waals surface area (Å²) >= 11 is 0. The maximum Gasteiger partial charge on any atom is 0.236 e. The summed E-state index contributed by atoms with van der Waals surface area (Å²) in [6, 6.07) is 6.63. The molecule has 0 atom stereocenters. The number of carbonyl (C=O) groups excluding carboxylic acids is 2. The van der Waals surface area contributed by atoms with Crippen molar-refractivity contribution >= 4 is 23.2 Å². The van der Waals surface area contributed by atoms with Crippen LogP contribution >= 0.6 is 0 Å². The van der Waals surface area contributed by atoms with Gasteiger partial charge in [0.15, 0.2) is 0 Å². The van der Waals surface area contributed by atoms with Crippen LogP contribution in [-0.4, -0.2) is 24.9 Å². The molecule has 6 N–H and O–H groups in total. The molecule has 0 aliphatic heterocycles. The molecule has 0 saturated carbocycles. The Morgan fingerprint density at radius 1 is 1.22 bits per heavy atom. The second-order valence-corrected chi connectivity index (χ2v) is 3.64. The first-order valence-electron chi connectivity index (χ1n) is 5.06. The molecule has 0 saturated heterocycles. The Bertz CT molecular complexity index is 505. The summed E-state index contributed by atoms with van der Waals surface area (Å²) in [7, 11) is 0. The van der Waals surface area contributed by atoms with Crippen LogP contribution in [0.5, 0.6) is 0 Å². The third-order valence-electron chi connectivity index (χ3n) is 2.24. The van der Waals surface area contributed by atoms with E-state index in [9.17, 15) is 9.59 Å². The fourth-order valence-electron chi connectivity index (χ4n) is 1.53. The zero-order valence-electron chi connectivity index (χ0n) is 9.59. The van der Waals surface area contributed by atoms with Crippen LogP contribution in [0.15, 0.2) is 18.2 Å². The average molecular weight is 247 g/mol. The third kappa shape index (κ3) is 3.12. The van der Waals surface area contributed by atoms with Gasteiger partial charge in [-0.15, -0.1) is 0 Å². The number of para-hydroxylation sites is 1. The van der Waals surface area contributed by atoms with Crippen LogP contribution in [0.4, 0.5) is 11.4 Å². The number of nitrogens with two attached hydrogens (primary N) is 3. The van der Waals surface area contributed by atoms with Gasteiger partial charge >= 0.3 is 0 Å². The minimum atomic E-state index is -0.627. The molecule has 7 nitrogen and oxygen atoms in total. The van der Waals surface area contributed by atoms with Gasteiger partial charge in [0.25, 0.3) is 0 Å². The topological polar surface area (TPSA) is 139 Å². The third-order valence-corrected chi connectivity index (χ3v) is 2.24. The van der Waals surface area contributed by atoms with E-state index < -0.39 is 11.8 Å². The Balaban J connectivity index is 3.16. The van der Waals surface area contributed by atoms with Crippen LogP contribution in [0, 0.1) is 11.3 Å². The normalized spacial score (nSPS) is 9.50. The fraction of sp³-hybridized carbons (Fsp3) is 0.182. The van der Waals surface area contributed by atoms with Gasteiger partial charge in [-0.1, -0.05) is 6.07 Å².